The molecule has 0 fully saturated rings. The van der Waals surface area contributed by atoms with Gasteiger partial charge < -0.3 is 10.3 Å². The van der Waals surface area contributed by atoms with Crippen molar-refractivity contribution in [3.8, 4) is 11.4 Å². The summed E-state index contributed by atoms with van der Waals surface area (Å²) >= 11 is 0. The van der Waals surface area contributed by atoms with E-state index in [0.717, 1.165) is 5.56 Å². The Hall–Kier alpha value is -3.81. The zero-order valence-corrected chi connectivity index (χ0v) is 13.3. The van der Waals surface area contributed by atoms with Crippen molar-refractivity contribution in [2.75, 3.05) is 5.32 Å². The van der Waals surface area contributed by atoms with Crippen LogP contribution < -0.4 is 10.9 Å². The molecule has 4 rings (SSSR count). The number of halogens is 1. The molecule has 2 heterocycles. The molecule has 0 spiro atoms. The summed E-state index contributed by atoms with van der Waals surface area (Å²) in [7, 11) is 0. The minimum Gasteiger partial charge on any atom is -0.338 e. The van der Waals surface area contributed by atoms with Crippen molar-refractivity contribution in [3.63, 3.8) is 0 Å². The number of nitrogens with one attached hydrogen (secondary N) is 3. The molecule has 0 unspecified atom stereocenters. The number of H-pyrrole nitrogens is 2. The molecule has 128 valence electrons. The van der Waals surface area contributed by atoms with Gasteiger partial charge in [0.05, 0.1) is 5.52 Å². The molecule has 0 saturated carbocycles. The minimum atomic E-state index is -0.445. The van der Waals surface area contributed by atoms with E-state index in [4.69, 9.17) is 0 Å². The Labute approximate surface area is 145 Å². The number of hydrogen-bond acceptors (Lipinski definition) is 4. The number of carbonyl (C=O) groups is 1. The van der Waals surface area contributed by atoms with Crippen LogP contribution in [-0.4, -0.2) is 26.1 Å². The molecular formula is C18H12FN5O2. The van der Waals surface area contributed by atoms with Gasteiger partial charge in [-0.05, 0) is 42.5 Å². The summed E-state index contributed by atoms with van der Waals surface area (Å²) in [6, 6.07) is 14.2. The first kappa shape index (κ1) is 15.7. The molecule has 0 atom stereocenters. The highest BCUT2D eigenvalue weighted by Gasteiger charge is 2.10. The Balaban J connectivity index is 1.56. The van der Waals surface area contributed by atoms with Crippen LogP contribution in [0.1, 0.15) is 10.5 Å². The first-order chi connectivity index (χ1) is 12.6. The van der Waals surface area contributed by atoms with Gasteiger partial charge in [0, 0.05) is 17.3 Å². The highest BCUT2D eigenvalue weighted by Crippen LogP contribution is 2.23. The van der Waals surface area contributed by atoms with Crippen molar-refractivity contribution in [1.29, 1.82) is 0 Å². The molecule has 0 aliphatic heterocycles. The summed E-state index contributed by atoms with van der Waals surface area (Å²) in [5.41, 5.74) is 1.91. The molecule has 2 aromatic carbocycles. The molecule has 7 nitrogen and oxygen atoms in total. The summed E-state index contributed by atoms with van der Waals surface area (Å²) in [6.45, 7) is 0. The molecule has 4 aromatic rings. The highest BCUT2D eigenvalue weighted by molar-refractivity contribution is 6.02. The Bertz CT molecular complexity index is 1140. The quantitative estimate of drug-likeness (QED) is 0.529. The maximum atomic E-state index is 13.8. The molecular weight excluding hydrogens is 337 g/mol. The van der Waals surface area contributed by atoms with Crippen molar-refractivity contribution in [2.45, 2.75) is 0 Å². The van der Waals surface area contributed by atoms with E-state index in [2.05, 4.69) is 25.5 Å². The van der Waals surface area contributed by atoms with Crippen molar-refractivity contribution < 1.29 is 9.18 Å². The third kappa shape index (κ3) is 2.95. The third-order valence-corrected chi connectivity index (χ3v) is 3.79. The average Bonchev–Trinajstić information content (AvgIpc) is 3.08. The number of amides is 1. The number of aromatic nitrogens is 4. The van der Waals surface area contributed by atoms with Gasteiger partial charge in [0.15, 0.2) is 5.82 Å². The Morgan fingerprint density at radius 2 is 1.85 bits per heavy atom. The summed E-state index contributed by atoms with van der Waals surface area (Å²) in [5.74, 6) is -0.299. The molecule has 0 aliphatic carbocycles. The lowest BCUT2D eigenvalue weighted by Crippen LogP contribution is -2.17. The number of para-hydroxylation sites is 1. The SMILES string of the molecule is O=C(Nc1ccc(-c2nc3c(F)cccc3[nH]2)cc1)c1ccc(=O)[nH]n1. The van der Waals surface area contributed by atoms with Gasteiger partial charge >= 0.3 is 0 Å². The van der Waals surface area contributed by atoms with Crippen LogP contribution in [0.2, 0.25) is 0 Å². The standard InChI is InChI=1S/C18H12FN5O2/c19-12-2-1-3-13-16(12)22-17(21-13)10-4-6-11(7-5-10)20-18(26)14-8-9-15(25)24-23-14/h1-9H,(H,20,26)(H,21,22)(H,24,25). The number of hydrogen-bond donors (Lipinski definition) is 3. The summed E-state index contributed by atoms with van der Waals surface area (Å²) in [6.07, 6.45) is 0. The van der Waals surface area contributed by atoms with E-state index in [0.29, 0.717) is 17.0 Å². The van der Waals surface area contributed by atoms with Crippen molar-refractivity contribution >= 4 is 22.6 Å². The molecule has 0 radical (unpaired) electrons. The number of carbonyl (C=O) groups excluding carboxylic acids is 1. The Kier molecular flexibility index (Phi) is 3.77. The van der Waals surface area contributed by atoms with Gasteiger partial charge in [-0.1, -0.05) is 6.07 Å². The van der Waals surface area contributed by atoms with E-state index in [1.807, 2.05) is 0 Å². The molecule has 2 aromatic heterocycles. The summed E-state index contributed by atoms with van der Waals surface area (Å²) in [4.78, 5) is 30.4. The van der Waals surface area contributed by atoms with Gasteiger partial charge in [-0.2, -0.15) is 5.10 Å². The predicted molar refractivity (Wildman–Crippen MR) is 94.3 cm³/mol. The van der Waals surface area contributed by atoms with Gasteiger partial charge in [0.1, 0.15) is 17.0 Å². The highest BCUT2D eigenvalue weighted by atomic mass is 19.1. The number of imidazole rings is 1. The van der Waals surface area contributed by atoms with E-state index in [1.165, 1.54) is 18.2 Å². The number of nitrogens with zero attached hydrogens (tertiary/aromatic N) is 2. The van der Waals surface area contributed by atoms with Gasteiger partial charge in [0.25, 0.3) is 11.5 Å². The van der Waals surface area contributed by atoms with E-state index < -0.39 is 5.91 Å². The maximum absolute atomic E-state index is 13.8. The van der Waals surface area contributed by atoms with E-state index in [-0.39, 0.29) is 22.6 Å². The Morgan fingerprint density at radius 3 is 2.54 bits per heavy atom. The smallest absolute Gasteiger partial charge is 0.276 e. The molecule has 0 bridgehead atoms. The molecule has 1 amide bonds. The fourth-order valence-electron chi connectivity index (χ4n) is 2.51. The lowest BCUT2D eigenvalue weighted by Gasteiger charge is -2.05. The molecule has 0 aliphatic rings. The zero-order valence-electron chi connectivity index (χ0n) is 13.3. The van der Waals surface area contributed by atoms with E-state index >= 15 is 0 Å². The lowest BCUT2D eigenvalue weighted by molar-refractivity contribution is 0.102. The first-order valence-corrected chi connectivity index (χ1v) is 7.72. The van der Waals surface area contributed by atoms with Crippen LogP contribution >= 0.6 is 0 Å². The number of anilines is 1. The van der Waals surface area contributed by atoms with Crippen LogP contribution in [-0.2, 0) is 0 Å². The van der Waals surface area contributed by atoms with Crippen LogP contribution in [0.4, 0.5) is 10.1 Å². The van der Waals surface area contributed by atoms with Crippen molar-refractivity contribution in [3.05, 3.63) is 76.5 Å². The monoisotopic (exact) mass is 349 g/mol. The predicted octanol–water partition coefficient (Wildman–Crippen LogP) is 2.70. The van der Waals surface area contributed by atoms with Gasteiger partial charge in [-0.25, -0.2) is 14.5 Å². The number of rotatable bonds is 3. The van der Waals surface area contributed by atoms with Crippen LogP contribution in [0, 0.1) is 5.82 Å². The topological polar surface area (TPSA) is 104 Å². The summed E-state index contributed by atoms with van der Waals surface area (Å²) < 4.78 is 13.8. The van der Waals surface area contributed by atoms with Crippen LogP contribution in [0.5, 0.6) is 0 Å². The fraction of sp³-hybridized carbons (Fsp3) is 0. The van der Waals surface area contributed by atoms with E-state index in [9.17, 15) is 14.0 Å². The second kappa shape index (κ2) is 6.25. The maximum Gasteiger partial charge on any atom is 0.276 e. The largest absolute Gasteiger partial charge is 0.338 e. The third-order valence-electron chi connectivity index (χ3n) is 3.79. The Morgan fingerprint density at radius 1 is 1.04 bits per heavy atom. The van der Waals surface area contributed by atoms with Crippen LogP contribution in [0.15, 0.2) is 59.4 Å². The number of benzene rings is 2. The lowest BCUT2D eigenvalue weighted by atomic mass is 10.2. The molecule has 26 heavy (non-hydrogen) atoms. The molecule has 8 heteroatoms. The van der Waals surface area contributed by atoms with Crippen LogP contribution in [0.25, 0.3) is 22.4 Å². The second-order valence-corrected chi connectivity index (χ2v) is 5.56. The average molecular weight is 349 g/mol. The first-order valence-electron chi connectivity index (χ1n) is 7.72. The van der Waals surface area contributed by atoms with Crippen LogP contribution in [0.3, 0.4) is 0 Å². The van der Waals surface area contributed by atoms with Gasteiger partial charge in [-0.3, -0.25) is 9.59 Å². The fourth-order valence-corrected chi connectivity index (χ4v) is 2.51. The zero-order chi connectivity index (χ0) is 18.1. The van der Waals surface area contributed by atoms with Crippen molar-refractivity contribution in [1.82, 2.24) is 20.2 Å². The summed E-state index contributed by atoms with van der Waals surface area (Å²) in [5, 5.41) is 8.55. The normalized spacial score (nSPS) is 10.8. The molecule has 0 saturated heterocycles. The van der Waals surface area contributed by atoms with Gasteiger partial charge in [0.2, 0.25) is 0 Å². The molecule has 3 N–H and O–H groups in total. The van der Waals surface area contributed by atoms with Gasteiger partial charge in [-0.15, -0.1) is 0 Å². The number of aromatic amines is 2. The number of fused-ring (bicyclic) bond motifs is 1. The second-order valence-electron chi connectivity index (χ2n) is 5.56. The minimum absolute atomic E-state index is 0.0986. The van der Waals surface area contributed by atoms with E-state index in [1.54, 1.807) is 36.4 Å². The van der Waals surface area contributed by atoms with Crippen molar-refractivity contribution in [2.24, 2.45) is 0 Å².